The van der Waals surface area contributed by atoms with Gasteiger partial charge in [-0.05, 0) is 14.1 Å². The fourth-order valence-electron chi connectivity index (χ4n) is 1.92. The van der Waals surface area contributed by atoms with Crippen LogP contribution >= 0.6 is 11.3 Å². The van der Waals surface area contributed by atoms with Crippen molar-refractivity contribution in [3.8, 4) is 5.88 Å². The van der Waals surface area contributed by atoms with Crippen LogP contribution in [0.5, 0.6) is 5.88 Å². The van der Waals surface area contributed by atoms with Crippen molar-refractivity contribution in [3.63, 3.8) is 0 Å². The predicted molar refractivity (Wildman–Crippen MR) is 61.4 cm³/mol. The molecule has 0 aliphatic carbocycles. The summed E-state index contributed by atoms with van der Waals surface area (Å²) >= 11 is 1.54. The lowest BCUT2D eigenvalue weighted by Crippen LogP contribution is -2.50. The van der Waals surface area contributed by atoms with Gasteiger partial charge in [-0.25, -0.2) is 4.98 Å². The molecular weight excluding hydrogens is 210 g/mol. The van der Waals surface area contributed by atoms with Crippen LogP contribution in [0.4, 0.5) is 0 Å². The minimum Gasteiger partial charge on any atom is -0.493 e. The molecule has 1 aromatic heterocycles. The van der Waals surface area contributed by atoms with Crippen LogP contribution in [-0.4, -0.2) is 59.7 Å². The van der Waals surface area contributed by atoms with Gasteiger partial charge in [-0.3, -0.25) is 0 Å². The maximum absolute atomic E-state index is 9.18. The van der Waals surface area contributed by atoms with E-state index in [0.717, 1.165) is 31.1 Å². The minimum atomic E-state index is 0.154. The minimum absolute atomic E-state index is 0.154. The third-order valence-corrected chi connectivity index (χ3v) is 3.79. The van der Waals surface area contributed by atoms with Gasteiger partial charge in [-0.1, -0.05) is 0 Å². The van der Waals surface area contributed by atoms with Gasteiger partial charge in [-0.2, -0.15) is 0 Å². The second-order valence-corrected chi connectivity index (χ2v) is 5.14. The summed E-state index contributed by atoms with van der Waals surface area (Å²) in [5.74, 6) is 0.154. The number of hydrogen-bond acceptors (Lipinski definition) is 5. The highest BCUT2D eigenvalue weighted by Crippen LogP contribution is 2.19. The maximum Gasteiger partial charge on any atom is 0.222 e. The molecule has 1 aromatic rings. The van der Waals surface area contributed by atoms with E-state index >= 15 is 0 Å². The monoisotopic (exact) mass is 227 g/mol. The van der Waals surface area contributed by atoms with Crippen molar-refractivity contribution >= 4 is 11.3 Å². The summed E-state index contributed by atoms with van der Waals surface area (Å²) < 4.78 is 0. The Hall–Kier alpha value is -0.650. The molecular formula is C10H17N3OS. The molecule has 0 aromatic carbocycles. The highest BCUT2D eigenvalue weighted by Gasteiger charge is 2.23. The van der Waals surface area contributed by atoms with E-state index in [1.165, 1.54) is 0 Å². The van der Waals surface area contributed by atoms with Crippen molar-refractivity contribution in [2.24, 2.45) is 0 Å². The molecule has 0 spiro atoms. The van der Waals surface area contributed by atoms with E-state index in [1.54, 1.807) is 16.7 Å². The number of thiazole rings is 1. The van der Waals surface area contributed by atoms with Crippen LogP contribution in [0.15, 0.2) is 5.38 Å². The van der Waals surface area contributed by atoms with Gasteiger partial charge in [0.2, 0.25) is 5.88 Å². The molecule has 1 aliphatic rings. The Morgan fingerprint density at radius 3 is 3.00 bits per heavy atom. The Balaban J connectivity index is 1.98. The van der Waals surface area contributed by atoms with Crippen LogP contribution in [0.25, 0.3) is 0 Å². The number of hydrogen-bond donors (Lipinski definition) is 1. The van der Waals surface area contributed by atoms with E-state index in [0.29, 0.717) is 6.04 Å². The van der Waals surface area contributed by atoms with Gasteiger partial charge in [-0.15, -0.1) is 11.3 Å². The molecule has 0 amide bonds. The van der Waals surface area contributed by atoms with Crippen molar-refractivity contribution in [2.45, 2.75) is 12.5 Å². The Labute approximate surface area is 94.2 Å². The highest BCUT2D eigenvalue weighted by atomic mass is 32.1. The zero-order valence-corrected chi connectivity index (χ0v) is 10.00. The summed E-state index contributed by atoms with van der Waals surface area (Å²) in [6.07, 6.45) is 0.937. The van der Waals surface area contributed by atoms with Crippen LogP contribution in [0.3, 0.4) is 0 Å². The fraction of sp³-hybridized carbons (Fsp3) is 0.700. The highest BCUT2D eigenvalue weighted by molar-refractivity contribution is 7.09. The normalized spacial score (nSPS) is 24.5. The van der Waals surface area contributed by atoms with E-state index < -0.39 is 0 Å². The van der Waals surface area contributed by atoms with Gasteiger partial charge in [0.1, 0.15) is 0 Å². The molecule has 1 aliphatic heterocycles. The Kier molecular flexibility index (Phi) is 3.23. The van der Waals surface area contributed by atoms with Crippen LogP contribution < -0.4 is 0 Å². The van der Waals surface area contributed by atoms with Gasteiger partial charge in [0.05, 0.1) is 10.4 Å². The molecule has 84 valence electrons. The Morgan fingerprint density at radius 2 is 2.33 bits per heavy atom. The third kappa shape index (κ3) is 2.68. The van der Waals surface area contributed by atoms with Crippen molar-refractivity contribution in [2.75, 3.05) is 33.7 Å². The maximum atomic E-state index is 9.18. The third-order valence-electron chi connectivity index (χ3n) is 2.93. The predicted octanol–water partition coefficient (Wildman–Crippen LogP) is 0.637. The first-order valence-electron chi connectivity index (χ1n) is 5.17. The summed E-state index contributed by atoms with van der Waals surface area (Å²) in [5.41, 5.74) is 0. The summed E-state index contributed by atoms with van der Waals surface area (Å²) in [4.78, 5) is 8.81. The van der Waals surface area contributed by atoms with E-state index in [4.69, 9.17) is 0 Å². The van der Waals surface area contributed by atoms with Crippen LogP contribution in [0.2, 0.25) is 0 Å². The molecule has 4 nitrogen and oxygen atoms in total. The molecule has 1 unspecified atom stereocenters. The topological polar surface area (TPSA) is 39.6 Å². The fourth-order valence-corrected chi connectivity index (χ4v) is 2.65. The first-order chi connectivity index (χ1) is 7.15. The summed E-state index contributed by atoms with van der Waals surface area (Å²) in [6, 6.07) is 0.522. The van der Waals surface area contributed by atoms with Gasteiger partial charge in [0.15, 0.2) is 0 Å². The number of piperazine rings is 1. The van der Waals surface area contributed by atoms with Gasteiger partial charge in [0, 0.05) is 32.1 Å². The average molecular weight is 227 g/mol. The lowest BCUT2D eigenvalue weighted by atomic mass is 10.1. The average Bonchev–Trinajstić information content (AvgIpc) is 2.58. The molecule has 1 saturated heterocycles. The molecule has 0 saturated carbocycles. The number of aromatic hydroxyl groups is 1. The molecule has 2 rings (SSSR count). The van der Waals surface area contributed by atoms with Crippen LogP contribution in [-0.2, 0) is 6.42 Å². The Morgan fingerprint density at radius 1 is 1.53 bits per heavy atom. The van der Waals surface area contributed by atoms with Gasteiger partial charge >= 0.3 is 0 Å². The summed E-state index contributed by atoms with van der Waals surface area (Å²) in [5, 5.41) is 11.9. The lowest BCUT2D eigenvalue weighted by Gasteiger charge is -2.37. The summed E-state index contributed by atoms with van der Waals surface area (Å²) in [7, 11) is 4.31. The van der Waals surface area contributed by atoms with Crippen molar-refractivity contribution < 1.29 is 5.11 Å². The van der Waals surface area contributed by atoms with E-state index in [-0.39, 0.29) is 5.88 Å². The van der Waals surface area contributed by atoms with E-state index in [9.17, 15) is 5.11 Å². The molecule has 2 heterocycles. The smallest absolute Gasteiger partial charge is 0.222 e. The first-order valence-corrected chi connectivity index (χ1v) is 6.05. The zero-order valence-electron chi connectivity index (χ0n) is 9.18. The van der Waals surface area contributed by atoms with Crippen molar-refractivity contribution in [3.05, 3.63) is 10.4 Å². The molecule has 5 heteroatoms. The second-order valence-electron chi connectivity index (χ2n) is 4.20. The van der Waals surface area contributed by atoms with Crippen LogP contribution in [0, 0.1) is 0 Å². The van der Waals surface area contributed by atoms with Gasteiger partial charge < -0.3 is 14.9 Å². The van der Waals surface area contributed by atoms with Gasteiger partial charge in [0.25, 0.3) is 0 Å². The number of aromatic nitrogens is 1. The molecule has 1 fully saturated rings. The SMILES string of the molecule is CN1CCN(C)C(Cc2nc(O)cs2)C1. The molecule has 0 radical (unpaired) electrons. The summed E-state index contributed by atoms with van der Waals surface area (Å²) in [6.45, 7) is 3.32. The quantitative estimate of drug-likeness (QED) is 0.805. The molecule has 0 bridgehead atoms. The molecule has 15 heavy (non-hydrogen) atoms. The number of likely N-dealkylation sites (N-methyl/N-ethyl adjacent to an activating group) is 2. The second kappa shape index (κ2) is 4.47. The molecule has 1 atom stereocenters. The molecule has 1 N–H and O–H groups in total. The van der Waals surface area contributed by atoms with Crippen molar-refractivity contribution in [1.82, 2.24) is 14.8 Å². The van der Waals surface area contributed by atoms with Crippen molar-refractivity contribution in [1.29, 1.82) is 0 Å². The lowest BCUT2D eigenvalue weighted by molar-refractivity contribution is 0.114. The van der Waals surface area contributed by atoms with E-state index in [2.05, 4.69) is 28.9 Å². The van der Waals surface area contributed by atoms with E-state index in [1.807, 2.05) is 0 Å². The largest absolute Gasteiger partial charge is 0.493 e. The first kappa shape index (κ1) is 10.9. The standard InChI is InChI=1S/C10H17N3OS/c1-12-3-4-13(2)8(6-12)5-10-11-9(14)7-15-10/h7-8,14H,3-6H2,1-2H3. The van der Waals surface area contributed by atoms with Crippen LogP contribution in [0.1, 0.15) is 5.01 Å². The number of rotatable bonds is 2. The number of nitrogens with zero attached hydrogens (tertiary/aromatic N) is 3. The Bertz CT molecular complexity index is 328. The zero-order chi connectivity index (χ0) is 10.8.